The van der Waals surface area contributed by atoms with E-state index in [1.54, 1.807) is 6.20 Å². The van der Waals surface area contributed by atoms with Gasteiger partial charge in [0.1, 0.15) is 0 Å². The molecule has 7 nitrogen and oxygen atoms in total. The van der Waals surface area contributed by atoms with E-state index in [1.807, 2.05) is 30.3 Å². The van der Waals surface area contributed by atoms with Gasteiger partial charge in [-0.1, -0.05) is 12.1 Å². The van der Waals surface area contributed by atoms with Crippen LogP contribution in [0.25, 0.3) is 10.9 Å². The lowest BCUT2D eigenvalue weighted by molar-refractivity contribution is -0.171. The molecule has 2 aromatic rings. The third kappa shape index (κ3) is 2.88. The molecule has 0 saturated carbocycles. The third-order valence-electron chi connectivity index (χ3n) is 3.28. The number of nitrogens with zero attached hydrogens (tertiary/aromatic N) is 2. The second kappa shape index (κ2) is 5.80. The fourth-order valence-corrected chi connectivity index (χ4v) is 2.18. The molecule has 1 aliphatic heterocycles. The maximum absolute atomic E-state index is 11.6. The van der Waals surface area contributed by atoms with E-state index in [2.05, 4.69) is 10.3 Å². The molecule has 1 N–H and O–H groups in total. The highest BCUT2D eigenvalue weighted by Gasteiger charge is 2.32. The van der Waals surface area contributed by atoms with Crippen molar-refractivity contribution in [2.24, 2.45) is 0 Å². The molecule has 1 saturated heterocycles. The van der Waals surface area contributed by atoms with E-state index in [1.165, 1.54) is 0 Å². The van der Waals surface area contributed by atoms with Crippen LogP contribution in [-0.4, -0.2) is 28.0 Å². The van der Waals surface area contributed by atoms with Gasteiger partial charge in [-0.2, -0.15) is 0 Å². The van der Waals surface area contributed by atoms with Crippen molar-refractivity contribution in [2.75, 3.05) is 0 Å². The van der Waals surface area contributed by atoms with Gasteiger partial charge in [0.05, 0.1) is 5.52 Å². The van der Waals surface area contributed by atoms with Gasteiger partial charge in [-0.25, -0.2) is 4.79 Å². The predicted molar refractivity (Wildman–Crippen MR) is 76.2 cm³/mol. The number of aromatic nitrogens is 1. The highest BCUT2D eigenvalue weighted by molar-refractivity contribution is 6.01. The second-order valence-electron chi connectivity index (χ2n) is 4.84. The van der Waals surface area contributed by atoms with Gasteiger partial charge in [-0.15, -0.1) is 5.06 Å². The number of rotatable bonds is 3. The molecule has 3 amide bonds. The lowest BCUT2D eigenvalue weighted by Crippen LogP contribution is -2.36. The van der Waals surface area contributed by atoms with Gasteiger partial charge < -0.3 is 10.2 Å². The number of imide groups is 1. The Morgan fingerprint density at radius 2 is 2.00 bits per heavy atom. The highest BCUT2D eigenvalue weighted by Crippen LogP contribution is 2.14. The average molecular weight is 299 g/mol. The van der Waals surface area contributed by atoms with Crippen molar-refractivity contribution >= 4 is 28.8 Å². The summed E-state index contributed by atoms with van der Waals surface area (Å²) in [7, 11) is 0. The molecule has 0 spiro atoms. The summed E-state index contributed by atoms with van der Waals surface area (Å²) in [6.07, 6.45) is 1.02. The standard InChI is InChI=1S/C15H13N3O4/c19-13-5-6-14(20)18(13)22-15(21)17-9-10-3-4-12-11(8-10)2-1-7-16-12/h1-4,7-8H,5-6,9H2,(H,17,21). The van der Waals surface area contributed by atoms with Crippen LogP contribution in [0.15, 0.2) is 36.5 Å². The Morgan fingerprint density at radius 1 is 1.23 bits per heavy atom. The Balaban J connectivity index is 1.60. The molecule has 2 heterocycles. The molecular formula is C15H13N3O4. The van der Waals surface area contributed by atoms with Crippen LogP contribution < -0.4 is 5.32 Å². The summed E-state index contributed by atoms with van der Waals surface area (Å²) in [4.78, 5) is 43.2. The quantitative estimate of drug-likeness (QED) is 0.868. The van der Waals surface area contributed by atoms with Gasteiger partial charge in [-0.3, -0.25) is 14.6 Å². The highest BCUT2D eigenvalue weighted by atomic mass is 16.7. The van der Waals surface area contributed by atoms with Crippen molar-refractivity contribution in [1.82, 2.24) is 15.4 Å². The van der Waals surface area contributed by atoms with Crippen molar-refractivity contribution < 1.29 is 19.2 Å². The molecule has 0 unspecified atom stereocenters. The van der Waals surface area contributed by atoms with Crippen LogP contribution in [0.1, 0.15) is 18.4 Å². The summed E-state index contributed by atoms with van der Waals surface area (Å²) < 4.78 is 0. The molecule has 0 atom stereocenters. The molecule has 7 heteroatoms. The molecular weight excluding hydrogens is 286 g/mol. The predicted octanol–water partition coefficient (Wildman–Crippen LogP) is 1.52. The molecule has 3 rings (SSSR count). The van der Waals surface area contributed by atoms with Gasteiger partial charge >= 0.3 is 6.09 Å². The number of hydrogen-bond donors (Lipinski definition) is 1. The number of hydroxylamine groups is 2. The fourth-order valence-electron chi connectivity index (χ4n) is 2.18. The lowest BCUT2D eigenvalue weighted by Gasteiger charge is -2.13. The second-order valence-corrected chi connectivity index (χ2v) is 4.84. The average Bonchev–Trinajstić information content (AvgIpc) is 2.84. The smallest absolute Gasteiger partial charge is 0.316 e. The molecule has 1 fully saturated rings. The van der Waals surface area contributed by atoms with Gasteiger partial charge in [0.2, 0.25) is 0 Å². The van der Waals surface area contributed by atoms with E-state index in [-0.39, 0.29) is 19.4 Å². The van der Waals surface area contributed by atoms with Crippen molar-refractivity contribution in [3.63, 3.8) is 0 Å². The summed E-state index contributed by atoms with van der Waals surface area (Å²) in [6.45, 7) is 0.222. The number of hydrogen-bond acceptors (Lipinski definition) is 5. The van der Waals surface area contributed by atoms with Gasteiger partial charge in [0.15, 0.2) is 0 Å². The number of carbonyl (C=O) groups is 3. The van der Waals surface area contributed by atoms with Crippen LogP contribution in [0.2, 0.25) is 0 Å². The van der Waals surface area contributed by atoms with E-state index in [4.69, 9.17) is 4.84 Å². The van der Waals surface area contributed by atoms with Gasteiger partial charge in [0, 0.05) is 31.0 Å². The largest absolute Gasteiger partial charge is 0.432 e. The van der Waals surface area contributed by atoms with Crippen LogP contribution in [0.5, 0.6) is 0 Å². The first-order valence-corrected chi connectivity index (χ1v) is 6.79. The van der Waals surface area contributed by atoms with Crippen LogP contribution in [0.3, 0.4) is 0 Å². The van der Waals surface area contributed by atoms with E-state index in [0.717, 1.165) is 16.5 Å². The zero-order valence-electron chi connectivity index (χ0n) is 11.6. The minimum atomic E-state index is -0.838. The van der Waals surface area contributed by atoms with Gasteiger partial charge in [0.25, 0.3) is 11.8 Å². The van der Waals surface area contributed by atoms with Crippen molar-refractivity contribution in [2.45, 2.75) is 19.4 Å². The number of fused-ring (bicyclic) bond motifs is 1. The zero-order chi connectivity index (χ0) is 15.5. The minimum absolute atomic E-state index is 0.0732. The molecule has 0 bridgehead atoms. The zero-order valence-corrected chi connectivity index (χ0v) is 11.6. The Kier molecular flexibility index (Phi) is 3.69. The fraction of sp³-hybridized carbons (Fsp3) is 0.200. The van der Waals surface area contributed by atoms with Crippen LogP contribution in [-0.2, 0) is 21.0 Å². The first kappa shape index (κ1) is 14.0. The molecule has 1 aromatic heterocycles. The summed E-state index contributed by atoms with van der Waals surface area (Å²) >= 11 is 0. The van der Waals surface area contributed by atoms with Crippen LogP contribution >= 0.6 is 0 Å². The normalized spacial score (nSPS) is 14.5. The Bertz CT molecular complexity index is 743. The summed E-state index contributed by atoms with van der Waals surface area (Å²) in [5, 5.41) is 3.98. The Morgan fingerprint density at radius 3 is 2.77 bits per heavy atom. The van der Waals surface area contributed by atoms with E-state index in [9.17, 15) is 14.4 Å². The lowest BCUT2D eigenvalue weighted by atomic mass is 10.1. The van der Waals surface area contributed by atoms with Crippen LogP contribution in [0.4, 0.5) is 4.79 Å². The number of nitrogens with one attached hydrogen (secondary N) is 1. The molecule has 0 radical (unpaired) electrons. The first-order valence-electron chi connectivity index (χ1n) is 6.79. The summed E-state index contributed by atoms with van der Waals surface area (Å²) in [5.74, 6) is -1.01. The van der Waals surface area contributed by atoms with Crippen molar-refractivity contribution in [3.8, 4) is 0 Å². The maximum atomic E-state index is 11.6. The Hall–Kier alpha value is -2.96. The summed E-state index contributed by atoms with van der Waals surface area (Å²) in [6, 6.07) is 9.34. The summed E-state index contributed by atoms with van der Waals surface area (Å²) in [5.41, 5.74) is 1.72. The van der Waals surface area contributed by atoms with Gasteiger partial charge in [-0.05, 0) is 23.8 Å². The van der Waals surface area contributed by atoms with E-state index >= 15 is 0 Å². The molecule has 22 heavy (non-hydrogen) atoms. The number of pyridine rings is 1. The first-order chi connectivity index (χ1) is 10.6. The molecule has 1 aliphatic rings. The van der Waals surface area contributed by atoms with Crippen LogP contribution in [0, 0.1) is 0 Å². The van der Waals surface area contributed by atoms with E-state index < -0.39 is 17.9 Å². The topological polar surface area (TPSA) is 88.6 Å². The SMILES string of the molecule is O=C(NCc1ccc2ncccc2c1)ON1C(=O)CCC1=O. The minimum Gasteiger partial charge on any atom is -0.316 e. The molecule has 112 valence electrons. The van der Waals surface area contributed by atoms with Crippen molar-refractivity contribution in [1.29, 1.82) is 0 Å². The van der Waals surface area contributed by atoms with E-state index in [0.29, 0.717) is 5.06 Å². The third-order valence-corrected chi connectivity index (χ3v) is 3.28. The monoisotopic (exact) mass is 299 g/mol. The molecule has 1 aromatic carbocycles. The van der Waals surface area contributed by atoms with Crippen molar-refractivity contribution in [3.05, 3.63) is 42.1 Å². The maximum Gasteiger partial charge on any atom is 0.432 e. The number of carbonyl (C=O) groups excluding carboxylic acids is 3. The number of benzene rings is 1. The Labute approximate surface area is 125 Å². The molecule has 0 aliphatic carbocycles. The number of amides is 3.